The Bertz CT molecular complexity index is 1030. The zero-order chi connectivity index (χ0) is 18.1. The largest absolute Gasteiger partial charge is 0.357 e. The first-order valence-corrected chi connectivity index (χ1v) is 9.04. The Hall–Kier alpha value is -3.49. The molecule has 0 aliphatic carbocycles. The van der Waals surface area contributed by atoms with Gasteiger partial charge in [-0.3, -0.25) is 5.10 Å². The molecule has 0 spiro atoms. The van der Waals surface area contributed by atoms with Crippen LogP contribution in [0.5, 0.6) is 0 Å². The molecule has 9 heteroatoms. The van der Waals surface area contributed by atoms with Gasteiger partial charge >= 0.3 is 0 Å². The Morgan fingerprint density at radius 3 is 2.67 bits per heavy atom. The van der Waals surface area contributed by atoms with Gasteiger partial charge < -0.3 is 10.2 Å². The molecule has 1 aliphatic heterocycles. The Morgan fingerprint density at radius 1 is 0.963 bits per heavy atom. The number of nitrogens with zero attached hydrogens (tertiary/aromatic N) is 7. The van der Waals surface area contributed by atoms with E-state index >= 15 is 0 Å². The molecule has 0 amide bonds. The summed E-state index contributed by atoms with van der Waals surface area (Å²) in [6, 6.07) is 4.07. The minimum Gasteiger partial charge on any atom is -0.357 e. The summed E-state index contributed by atoms with van der Waals surface area (Å²) in [5, 5.41) is 14.4. The van der Waals surface area contributed by atoms with Gasteiger partial charge in [0, 0.05) is 24.8 Å². The van der Waals surface area contributed by atoms with E-state index < -0.39 is 0 Å². The second kappa shape index (κ2) is 6.67. The van der Waals surface area contributed by atoms with Gasteiger partial charge in [0.05, 0.1) is 30.0 Å². The number of aromatic amines is 1. The first-order valence-electron chi connectivity index (χ1n) is 9.04. The summed E-state index contributed by atoms with van der Waals surface area (Å²) in [4.78, 5) is 15.8. The summed E-state index contributed by atoms with van der Waals surface area (Å²) >= 11 is 0. The number of fused-ring (bicyclic) bond motifs is 1. The van der Waals surface area contributed by atoms with Crippen molar-refractivity contribution in [3.63, 3.8) is 0 Å². The van der Waals surface area contributed by atoms with Crippen molar-refractivity contribution in [2.24, 2.45) is 0 Å². The molecule has 0 atom stereocenters. The lowest BCUT2D eigenvalue weighted by atomic mass is 10.1. The quantitative estimate of drug-likeness (QED) is 0.576. The molecule has 2 N–H and O–H groups in total. The van der Waals surface area contributed by atoms with Gasteiger partial charge in [0.25, 0.3) is 0 Å². The van der Waals surface area contributed by atoms with E-state index in [0.717, 1.165) is 35.9 Å². The fourth-order valence-electron chi connectivity index (χ4n) is 3.40. The van der Waals surface area contributed by atoms with Gasteiger partial charge in [-0.25, -0.2) is 19.5 Å². The lowest BCUT2D eigenvalue weighted by Gasteiger charge is -2.27. The molecule has 5 heterocycles. The number of rotatable bonds is 4. The van der Waals surface area contributed by atoms with Crippen molar-refractivity contribution in [1.29, 1.82) is 0 Å². The van der Waals surface area contributed by atoms with Crippen LogP contribution < -0.4 is 10.2 Å². The van der Waals surface area contributed by atoms with Gasteiger partial charge in [0.2, 0.25) is 0 Å². The highest BCUT2D eigenvalue weighted by Crippen LogP contribution is 2.24. The summed E-state index contributed by atoms with van der Waals surface area (Å²) in [5.41, 5.74) is 3.23. The Labute approximate surface area is 155 Å². The number of hydrogen-bond acceptors (Lipinski definition) is 7. The monoisotopic (exact) mass is 361 g/mol. The topological polar surface area (TPSA) is 99.9 Å². The van der Waals surface area contributed by atoms with Crippen molar-refractivity contribution in [2.75, 3.05) is 23.3 Å². The third-order valence-corrected chi connectivity index (χ3v) is 4.79. The maximum Gasteiger partial charge on any atom is 0.199 e. The molecule has 0 bridgehead atoms. The molecule has 1 saturated heterocycles. The van der Waals surface area contributed by atoms with Crippen molar-refractivity contribution in [3.05, 3.63) is 43.2 Å². The van der Waals surface area contributed by atoms with Crippen LogP contribution in [0.2, 0.25) is 0 Å². The Morgan fingerprint density at radius 2 is 1.89 bits per heavy atom. The number of hydrogen-bond donors (Lipinski definition) is 2. The standard InChI is InChI=1S/C18H19N9/c1-2-6-26(7-3-1)16-5-4-14(10-19-16)25-17-18-21-12-24-27(18)15(11-20-17)13-8-22-23-9-13/h4-5,8-12H,1-3,6-7H2,(H,20,25)(H,22,23). The molecule has 1 fully saturated rings. The highest BCUT2D eigenvalue weighted by atomic mass is 15.3. The summed E-state index contributed by atoms with van der Waals surface area (Å²) in [6.07, 6.45) is 12.4. The fraction of sp³-hybridized carbons (Fsp3) is 0.278. The van der Waals surface area contributed by atoms with Gasteiger partial charge in [-0.15, -0.1) is 0 Å². The highest BCUT2D eigenvalue weighted by molar-refractivity contribution is 5.73. The Balaban J connectivity index is 1.42. The first kappa shape index (κ1) is 15.7. The summed E-state index contributed by atoms with van der Waals surface area (Å²) in [6.45, 7) is 2.16. The first-order chi connectivity index (χ1) is 13.4. The molecule has 27 heavy (non-hydrogen) atoms. The zero-order valence-electron chi connectivity index (χ0n) is 14.7. The van der Waals surface area contributed by atoms with Gasteiger partial charge in [-0.2, -0.15) is 10.2 Å². The van der Waals surface area contributed by atoms with Crippen LogP contribution >= 0.6 is 0 Å². The van der Waals surface area contributed by atoms with E-state index in [9.17, 15) is 0 Å². The number of piperidine rings is 1. The van der Waals surface area contributed by atoms with E-state index in [-0.39, 0.29) is 0 Å². The van der Waals surface area contributed by atoms with Gasteiger partial charge in [0.15, 0.2) is 11.5 Å². The lowest BCUT2D eigenvalue weighted by Crippen LogP contribution is -2.29. The van der Waals surface area contributed by atoms with E-state index in [1.807, 2.05) is 12.3 Å². The highest BCUT2D eigenvalue weighted by Gasteiger charge is 2.14. The number of anilines is 3. The molecule has 0 saturated carbocycles. The zero-order valence-corrected chi connectivity index (χ0v) is 14.7. The molecule has 4 aromatic rings. The summed E-state index contributed by atoms with van der Waals surface area (Å²) < 4.78 is 1.75. The van der Waals surface area contributed by atoms with Crippen LogP contribution in [0.3, 0.4) is 0 Å². The maximum atomic E-state index is 4.60. The summed E-state index contributed by atoms with van der Waals surface area (Å²) in [7, 11) is 0. The van der Waals surface area contributed by atoms with Crippen LogP contribution in [-0.2, 0) is 0 Å². The van der Waals surface area contributed by atoms with E-state index in [1.54, 1.807) is 23.1 Å². The van der Waals surface area contributed by atoms with Crippen LogP contribution in [0.15, 0.2) is 43.2 Å². The van der Waals surface area contributed by atoms with Crippen LogP contribution in [0.25, 0.3) is 16.9 Å². The van der Waals surface area contributed by atoms with Gasteiger partial charge in [-0.05, 0) is 31.4 Å². The normalized spacial score (nSPS) is 14.6. The third kappa shape index (κ3) is 2.97. The number of H-pyrrole nitrogens is 1. The van der Waals surface area contributed by atoms with Gasteiger partial charge in [0.1, 0.15) is 12.1 Å². The molecular formula is C18H19N9. The SMILES string of the molecule is c1nc2c(Nc3ccc(N4CCCCC4)nc3)ncc(-c3cn[nH]c3)n2n1. The van der Waals surface area contributed by atoms with Crippen molar-refractivity contribution in [3.8, 4) is 11.3 Å². The molecule has 4 aromatic heterocycles. The summed E-state index contributed by atoms with van der Waals surface area (Å²) in [5.74, 6) is 1.66. The average Bonchev–Trinajstić information content (AvgIpc) is 3.42. The lowest BCUT2D eigenvalue weighted by molar-refractivity contribution is 0.573. The smallest absolute Gasteiger partial charge is 0.199 e. The minimum absolute atomic E-state index is 0.632. The van der Waals surface area contributed by atoms with Crippen molar-refractivity contribution in [2.45, 2.75) is 19.3 Å². The van der Waals surface area contributed by atoms with Gasteiger partial charge in [-0.1, -0.05) is 0 Å². The average molecular weight is 361 g/mol. The minimum atomic E-state index is 0.632. The second-order valence-electron chi connectivity index (χ2n) is 6.55. The van der Waals surface area contributed by atoms with E-state index in [2.05, 4.69) is 46.5 Å². The van der Waals surface area contributed by atoms with E-state index in [4.69, 9.17) is 0 Å². The molecule has 1 aliphatic rings. The molecular weight excluding hydrogens is 342 g/mol. The van der Waals surface area contributed by atoms with Crippen LogP contribution in [0.4, 0.5) is 17.3 Å². The molecule has 5 rings (SSSR count). The predicted molar refractivity (Wildman–Crippen MR) is 102 cm³/mol. The number of pyridine rings is 1. The Kier molecular flexibility index (Phi) is 3.89. The maximum absolute atomic E-state index is 4.60. The second-order valence-corrected chi connectivity index (χ2v) is 6.55. The van der Waals surface area contributed by atoms with Crippen molar-refractivity contribution in [1.82, 2.24) is 34.8 Å². The van der Waals surface area contributed by atoms with Crippen LogP contribution in [0.1, 0.15) is 19.3 Å². The molecule has 9 nitrogen and oxygen atoms in total. The molecule has 136 valence electrons. The molecule has 0 unspecified atom stereocenters. The molecule has 0 radical (unpaired) electrons. The number of aromatic nitrogens is 7. The molecule has 0 aromatic carbocycles. The predicted octanol–water partition coefficient (Wildman–Crippen LogP) is 2.64. The van der Waals surface area contributed by atoms with Crippen molar-refractivity contribution < 1.29 is 0 Å². The third-order valence-electron chi connectivity index (χ3n) is 4.79. The number of nitrogens with one attached hydrogen (secondary N) is 2. The van der Waals surface area contributed by atoms with Crippen molar-refractivity contribution >= 4 is 23.0 Å². The fourth-order valence-corrected chi connectivity index (χ4v) is 3.40. The van der Waals surface area contributed by atoms with Crippen LogP contribution in [0, 0.1) is 0 Å². The van der Waals surface area contributed by atoms with E-state index in [1.165, 1.54) is 25.6 Å². The van der Waals surface area contributed by atoms with Crippen LogP contribution in [-0.4, -0.2) is 47.9 Å². The van der Waals surface area contributed by atoms with E-state index in [0.29, 0.717) is 11.5 Å².